The summed E-state index contributed by atoms with van der Waals surface area (Å²) in [5.74, 6) is 0.368. The first-order chi connectivity index (χ1) is 10.7. The highest BCUT2D eigenvalue weighted by atomic mass is 32.2. The van der Waals surface area contributed by atoms with Gasteiger partial charge in [0.25, 0.3) is 0 Å². The van der Waals surface area contributed by atoms with Crippen molar-refractivity contribution >= 4 is 9.84 Å². The average molecular weight is 337 g/mol. The monoisotopic (exact) mass is 337 g/mol. The molecule has 1 N–H and O–H groups in total. The molecule has 1 aromatic carbocycles. The Labute approximate surface area is 137 Å². The zero-order valence-electron chi connectivity index (χ0n) is 14.1. The molecule has 0 unspecified atom stereocenters. The lowest BCUT2D eigenvalue weighted by atomic mass is 10.1. The molecule has 0 saturated heterocycles. The fourth-order valence-corrected chi connectivity index (χ4v) is 3.31. The Hall–Kier alpha value is -1.86. The third kappa shape index (κ3) is 4.11. The smallest absolute Gasteiger partial charge is 0.179 e. The number of aromatic nitrogens is 2. The van der Waals surface area contributed by atoms with Gasteiger partial charge >= 0.3 is 0 Å². The predicted molar refractivity (Wildman–Crippen MR) is 89.3 cm³/mol. The minimum Gasteiger partial charge on any atom is -0.495 e. The standard InChI is InChI=1S/C16H23N3O3S/c1-11(18-12(2)14-9-17-19(3)10-14)13-6-7-16(23(5,20)21)15(8-13)22-4/h6-12,18H,1-5H3/t11-,12+/m0/s1. The van der Waals surface area contributed by atoms with E-state index in [2.05, 4.69) is 17.3 Å². The fourth-order valence-electron chi connectivity index (χ4n) is 2.49. The van der Waals surface area contributed by atoms with Crippen molar-refractivity contribution in [3.8, 4) is 5.75 Å². The molecular weight excluding hydrogens is 314 g/mol. The highest BCUT2D eigenvalue weighted by Crippen LogP contribution is 2.28. The van der Waals surface area contributed by atoms with Crippen LogP contribution < -0.4 is 10.1 Å². The van der Waals surface area contributed by atoms with Gasteiger partial charge in [-0.05, 0) is 31.5 Å². The molecule has 126 valence electrons. The molecule has 0 aliphatic carbocycles. The molecule has 0 spiro atoms. The number of sulfone groups is 1. The lowest BCUT2D eigenvalue weighted by Crippen LogP contribution is -2.22. The van der Waals surface area contributed by atoms with Gasteiger partial charge < -0.3 is 10.1 Å². The first kappa shape index (κ1) is 17.5. The van der Waals surface area contributed by atoms with E-state index in [1.54, 1.807) is 16.8 Å². The van der Waals surface area contributed by atoms with Gasteiger partial charge in [-0.2, -0.15) is 5.10 Å². The van der Waals surface area contributed by atoms with Crippen molar-refractivity contribution in [2.75, 3.05) is 13.4 Å². The van der Waals surface area contributed by atoms with Crippen LogP contribution in [0.15, 0.2) is 35.5 Å². The summed E-state index contributed by atoms with van der Waals surface area (Å²) in [6.07, 6.45) is 4.98. The van der Waals surface area contributed by atoms with Crippen molar-refractivity contribution in [2.45, 2.75) is 30.8 Å². The second-order valence-corrected chi connectivity index (χ2v) is 7.72. The van der Waals surface area contributed by atoms with Crippen molar-refractivity contribution in [3.63, 3.8) is 0 Å². The summed E-state index contributed by atoms with van der Waals surface area (Å²) >= 11 is 0. The van der Waals surface area contributed by atoms with E-state index in [1.165, 1.54) is 13.4 Å². The third-order valence-corrected chi connectivity index (χ3v) is 4.95. The minimum atomic E-state index is -3.31. The molecule has 2 rings (SSSR count). The normalized spacial score (nSPS) is 14.5. The van der Waals surface area contributed by atoms with Crippen LogP contribution in [0.2, 0.25) is 0 Å². The first-order valence-electron chi connectivity index (χ1n) is 7.35. The second-order valence-electron chi connectivity index (χ2n) is 5.74. The Morgan fingerprint density at radius 1 is 1.22 bits per heavy atom. The van der Waals surface area contributed by atoms with Crippen LogP contribution in [-0.2, 0) is 16.9 Å². The molecule has 0 saturated carbocycles. The van der Waals surface area contributed by atoms with E-state index in [0.717, 1.165) is 11.1 Å². The minimum absolute atomic E-state index is 0.0349. The number of rotatable bonds is 6. The van der Waals surface area contributed by atoms with E-state index in [-0.39, 0.29) is 17.0 Å². The van der Waals surface area contributed by atoms with Crippen LogP contribution >= 0.6 is 0 Å². The zero-order valence-corrected chi connectivity index (χ0v) is 14.9. The maximum atomic E-state index is 11.8. The van der Waals surface area contributed by atoms with Crippen molar-refractivity contribution in [2.24, 2.45) is 7.05 Å². The van der Waals surface area contributed by atoms with Crippen LogP contribution in [-0.4, -0.2) is 31.6 Å². The highest BCUT2D eigenvalue weighted by molar-refractivity contribution is 7.90. The van der Waals surface area contributed by atoms with Gasteiger partial charge in [0, 0.05) is 37.1 Å². The largest absolute Gasteiger partial charge is 0.495 e. The first-order valence-corrected chi connectivity index (χ1v) is 9.24. The van der Waals surface area contributed by atoms with E-state index in [9.17, 15) is 8.42 Å². The number of hydrogen-bond acceptors (Lipinski definition) is 5. The van der Waals surface area contributed by atoms with Gasteiger partial charge in [0.1, 0.15) is 10.6 Å². The molecule has 23 heavy (non-hydrogen) atoms. The Morgan fingerprint density at radius 2 is 1.87 bits per heavy atom. The van der Waals surface area contributed by atoms with E-state index in [1.807, 2.05) is 32.4 Å². The SMILES string of the molecule is COc1cc([C@H](C)N[C@H](C)c2cnn(C)c2)ccc1S(C)(=O)=O. The molecule has 2 aromatic rings. The molecule has 6 nitrogen and oxygen atoms in total. The molecule has 1 heterocycles. The number of benzene rings is 1. The summed E-state index contributed by atoms with van der Waals surface area (Å²) < 4.78 is 30.5. The van der Waals surface area contributed by atoms with Crippen LogP contribution in [0.4, 0.5) is 0 Å². The lowest BCUT2D eigenvalue weighted by Gasteiger charge is -2.20. The number of hydrogen-bond donors (Lipinski definition) is 1. The Morgan fingerprint density at radius 3 is 2.39 bits per heavy atom. The number of ether oxygens (including phenoxy) is 1. The topological polar surface area (TPSA) is 73.2 Å². The molecule has 0 aliphatic heterocycles. The summed E-state index contributed by atoms with van der Waals surface area (Å²) in [5, 5.41) is 7.65. The van der Waals surface area contributed by atoms with E-state index >= 15 is 0 Å². The summed E-state index contributed by atoms with van der Waals surface area (Å²) in [7, 11) is 0.0520. The summed E-state index contributed by atoms with van der Waals surface area (Å²) in [5.41, 5.74) is 2.06. The Kier molecular flexibility index (Phi) is 5.11. The highest BCUT2D eigenvalue weighted by Gasteiger charge is 2.18. The third-order valence-electron chi connectivity index (χ3n) is 3.81. The van der Waals surface area contributed by atoms with E-state index in [4.69, 9.17) is 4.74 Å². The van der Waals surface area contributed by atoms with Gasteiger partial charge in [0.2, 0.25) is 0 Å². The van der Waals surface area contributed by atoms with Crippen molar-refractivity contribution in [1.82, 2.24) is 15.1 Å². The van der Waals surface area contributed by atoms with Gasteiger partial charge in [-0.15, -0.1) is 0 Å². The summed E-state index contributed by atoms with van der Waals surface area (Å²) in [4.78, 5) is 0.205. The summed E-state index contributed by atoms with van der Waals surface area (Å²) in [6.45, 7) is 4.09. The number of aryl methyl sites for hydroxylation is 1. The van der Waals surface area contributed by atoms with Gasteiger partial charge in [-0.3, -0.25) is 4.68 Å². The molecule has 0 bridgehead atoms. The molecule has 0 amide bonds. The maximum Gasteiger partial charge on any atom is 0.179 e. The van der Waals surface area contributed by atoms with Gasteiger partial charge in [-0.25, -0.2) is 8.42 Å². The van der Waals surface area contributed by atoms with Crippen molar-refractivity contribution in [3.05, 3.63) is 41.7 Å². The number of methoxy groups -OCH3 is 1. The predicted octanol–water partition coefficient (Wildman–Crippen LogP) is 2.24. The van der Waals surface area contributed by atoms with Crippen LogP contribution in [0, 0.1) is 0 Å². The zero-order chi connectivity index (χ0) is 17.2. The molecule has 7 heteroatoms. The van der Waals surface area contributed by atoms with Crippen molar-refractivity contribution in [1.29, 1.82) is 0 Å². The number of nitrogens with one attached hydrogen (secondary N) is 1. The van der Waals surface area contributed by atoms with Crippen molar-refractivity contribution < 1.29 is 13.2 Å². The molecule has 0 fully saturated rings. The molecular formula is C16H23N3O3S. The van der Waals surface area contributed by atoms with Crippen LogP contribution in [0.5, 0.6) is 5.75 Å². The number of nitrogens with zero attached hydrogens (tertiary/aromatic N) is 2. The van der Waals surface area contributed by atoms with E-state index < -0.39 is 9.84 Å². The van der Waals surface area contributed by atoms with Crippen LogP contribution in [0.1, 0.15) is 37.1 Å². The molecule has 1 aromatic heterocycles. The second kappa shape index (κ2) is 6.72. The maximum absolute atomic E-state index is 11.8. The van der Waals surface area contributed by atoms with E-state index in [0.29, 0.717) is 5.75 Å². The molecule has 0 aliphatic rings. The van der Waals surface area contributed by atoms with Gasteiger partial charge in [-0.1, -0.05) is 6.07 Å². The average Bonchev–Trinajstić information content (AvgIpc) is 2.92. The lowest BCUT2D eigenvalue weighted by molar-refractivity contribution is 0.400. The van der Waals surface area contributed by atoms with Gasteiger partial charge in [0.05, 0.1) is 13.3 Å². The Balaban J connectivity index is 2.21. The molecule has 0 radical (unpaired) electrons. The van der Waals surface area contributed by atoms with Gasteiger partial charge in [0.15, 0.2) is 9.84 Å². The van der Waals surface area contributed by atoms with Crippen LogP contribution in [0.25, 0.3) is 0 Å². The van der Waals surface area contributed by atoms with Crippen LogP contribution in [0.3, 0.4) is 0 Å². The summed E-state index contributed by atoms with van der Waals surface area (Å²) in [6, 6.07) is 5.33. The molecule has 2 atom stereocenters. The quantitative estimate of drug-likeness (QED) is 0.875. The fraction of sp³-hybridized carbons (Fsp3) is 0.438. The Bertz CT molecular complexity index is 784.